The number of ether oxygens (including phenoxy) is 1. The molecule has 0 radical (unpaired) electrons. The third-order valence-corrected chi connectivity index (χ3v) is 5.93. The number of hydrogen-bond donors (Lipinski definition) is 1. The number of nitrogens with zero attached hydrogens (tertiary/aromatic N) is 1. The van der Waals surface area contributed by atoms with Crippen LogP contribution in [-0.4, -0.2) is 38.2 Å². The largest absolute Gasteiger partial charge is 0.496 e. The Balaban J connectivity index is 2.28. The van der Waals surface area contributed by atoms with Crippen LogP contribution in [-0.2, 0) is 12.4 Å². The van der Waals surface area contributed by atoms with Crippen molar-refractivity contribution in [3.63, 3.8) is 0 Å². The number of thiophene rings is 1. The Hall–Kier alpha value is -1.49. The number of methoxy groups -OCH3 is 1. The van der Waals surface area contributed by atoms with Gasteiger partial charge < -0.3 is 10.1 Å². The van der Waals surface area contributed by atoms with Gasteiger partial charge in [0, 0.05) is 36.6 Å². The molecule has 3 nitrogen and oxygen atoms in total. The number of nitrogens with one attached hydrogen (secondary N) is 1. The zero-order valence-electron chi connectivity index (χ0n) is 15.1. The van der Waals surface area contributed by atoms with Gasteiger partial charge in [-0.3, -0.25) is 4.90 Å². The summed E-state index contributed by atoms with van der Waals surface area (Å²) in [5.41, 5.74) is -3.11. The summed E-state index contributed by atoms with van der Waals surface area (Å²) in [5.74, 6) is -0.458. The van der Waals surface area contributed by atoms with E-state index in [9.17, 15) is 26.3 Å². The van der Waals surface area contributed by atoms with E-state index in [-0.39, 0.29) is 11.6 Å². The van der Waals surface area contributed by atoms with Crippen LogP contribution in [0.15, 0.2) is 24.3 Å². The van der Waals surface area contributed by atoms with Gasteiger partial charge in [0.2, 0.25) is 0 Å². The third kappa shape index (κ3) is 4.82. The first-order valence-corrected chi connectivity index (χ1v) is 9.78. The lowest BCUT2D eigenvalue weighted by Crippen LogP contribution is -2.45. The fourth-order valence-corrected chi connectivity index (χ4v) is 4.60. The van der Waals surface area contributed by atoms with Crippen LogP contribution in [0.2, 0.25) is 4.34 Å². The fourth-order valence-electron chi connectivity index (χ4n) is 3.40. The van der Waals surface area contributed by atoms with Gasteiger partial charge >= 0.3 is 12.4 Å². The summed E-state index contributed by atoms with van der Waals surface area (Å²) in [6, 6.07) is 2.98. The zero-order valence-corrected chi connectivity index (χ0v) is 16.7. The molecular formula is C18H17ClF6N2OS. The van der Waals surface area contributed by atoms with Gasteiger partial charge in [-0.05, 0) is 24.3 Å². The monoisotopic (exact) mass is 458 g/mol. The molecule has 1 aliphatic rings. The summed E-state index contributed by atoms with van der Waals surface area (Å²) < 4.78 is 86.8. The summed E-state index contributed by atoms with van der Waals surface area (Å²) >= 11 is 7.10. The maximum atomic E-state index is 13.9. The Morgan fingerprint density at radius 3 is 2.21 bits per heavy atom. The molecule has 0 bridgehead atoms. The number of halogens is 7. The Morgan fingerprint density at radius 2 is 1.72 bits per heavy atom. The molecule has 0 aliphatic carbocycles. The highest BCUT2D eigenvalue weighted by Gasteiger charge is 2.43. The van der Waals surface area contributed by atoms with E-state index in [0.29, 0.717) is 41.5 Å². The molecule has 1 aromatic carbocycles. The van der Waals surface area contributed by atoms with Gasteiger partial charge in [-0.2, -0.15) is 26.3 Å². The molecule has 3 rings (SSSR count). The van der Waals surface area contributed by atoms with Crippen molar-refractivity contribution in [1.82, 2.24) is 10.2 Å². The van der Waals surface area contributed by atoms with Crippen LogP contribution < -0.4 is 10.1 Å². The number of rotatable bonds is 4. The molecule has 11 heteroatoms. The molecule has 29 heavy (non-hydrogen) atoms. The normalized spacial score (nSPS) is 17.4. The van der Waals surface area contributed by atoms with E-state index < -0.39 is 35.3 Å². The van der Waals surface area contributed by atoms with E-state index in [0.717, 1.165) is 18.4 Å². The molecule has 1 N–H and O–H groups in total. The number of alkyl halides is 6. The van der Waals surface area contributed by atoms with Crippen molar-refractivity contribution in [1.29, 1.82) is 0 Å². The van der Waals surface area contributed by atoms with E-state index in [1.54, 1.807) is 17.0 Å². The van der Waals surface area contributed by atoms with Crippen LogP contribution in [0, 0.1) is 0 Å². The van der Waals surface area contributed by atoms with Gasteiger partial charge in [0.1, 0.15) is 5.75 Å². The average Bonchev–Trinajstić information content (AvgIpc) is 3.07. The molecule has 1 aliphatic heterocycles. The molecule has 160 valence electrons. The topological polar surface area (TPSA) is 24.5 Å². The maximum absolute atomic E-state index is 13.9. The highest BCUT2D eigenvalue weighted by atomic mass is 35.5. The Kier molecular flexibility index (Phi) is 6.38. The molecular weight excluding hydrogens is 442 g/mol. The van der Waals surface area contributed by atoms with E-state index in [2.05, 4.69) is 5.32 Å². The van der Waals surface area contributed by atoms with Crippen LogP contribution in [0.25, 0.3) is 0 Å². The lowest BCUT2D eigenvalue weighted by Gasteiger charge is -2.36. The summed E-state index contributed by atoms with van der Waals surface area (Å²) in [6.07, 6.45) is -9.94. The molecule has 0 saturated carbocycles. The molecule has 1 atom stereocenters. The Bertz CT molecular complexity index is 861. The van der Waals surface area contributed by atoms with Gasteiger partial charge in [-0.1, -0.05) is 11.6 Å². The second-order valence-electron chi connectivity index (χ2n) is 6.47. The van der Waals surface area contributed by atoms with Crippen LogP contribution >= 0.6 is 22.9 Å². The van der Waals surface area contributed by atoms with Crippen molar-refractivity contribution < 1.29 is 31.1 Å². The third-order valence-electron chi connectivity index (χ3n) is 4.65. The van der Waals surface area contributed by atoms with Crippen molar-refractivity contribution in [2.45, 2.75) is 18.4 Å². The van der Waals surface area contributed by atoms with Gasteiger partial charge in [-0.15, -0.1) is 11.3 Å². The van der Waals surface area contributed by atoms with E-state index in [1.165, 1.54) is 0 Å². The highest BCUT2D eigenvalue weighted by molar-refractivity contribution is 7.16. The molecule has 0 spiro atoms. The molecule has 0 unspecified atom stereocenters. The van der Waals surface area contributed by atoms with Crippen molar-refractivity contribution >= 4 is 22.9 Å². The second kappa shape index (κ2) is 8.33. The SMILES string of the molecule is COc1cc(C(F)(F)F)cc(C(F)(F)F)c1[C@H](c1ccc(Cl)s1)N1CCNCC1. The molecule has 1 saturated heterocycles. The van der Waals surface area contributed by atoms with Crippen LogP contribution in [0.5, 0.6) is 5.75 Å². The molecule has 2 heterocycles. The Morgan fingerprint density at radius 1 is 1.07 bits per heavy atom. The molecule has 1 fully saturated rings. The zero-order chi connectivity index (χ0) is 21.4. The predicted molar refractivity (Wildman–Crippen MR) is 98.6 cm³/mol. The average molecular weight is 459 g/mol. The minimum absolute atomic E-state index is 0.155. The molecule has 2 aromatic rings. The maximum Gasteiger partial charge on any atom is 0.416 e. The summed E-state index contributed by atoms with van der Waals surface area (Å²) in [7, 11) is 1.06. The van der Waals surface area contributed by atoms with Gasteiger partial charge in [0.15, 0.2) is 0 Å². The van der Waals surface area contributed by atoms with Gasteiger partial charge in [0.05, 0.1) is 28.6 Å². The predicted octanol–water partition coefficient (Wildman–Crippen LogP) is 5.44. The quantitative estimate of drug-likeness (QED) is 0.617. The fraction of sp³-hybridized carbons (Fsp3) is 0.444. The standard InChI is InChI=1S/C18H17ClF6N2OS/c1-28-12-9-10(17(20,21)22)8-11(18(23,24)25)15(12)16(13-2-3-14(19)29-13)27-6-4-26-5-7-27/h2-3,8-9,16,26H,4-7H2,1H3/t16-/m0/s1. The first-order chi connectivity index (χ1) is 13.5. The lowest BCUT2D eigenvalue weighted by molar-refractivity contribution is -0.144. The van der Waals surface area contributed by atoms with Crippen molar-refractivity contribution in [2.75, 3.05) is 33.3 Å². The first kappa shape index (κ1) is 22.2. The smallest absolute Gasteiger partial charge is 0.416 e. The van der Waals surface area contributed by atoms with Crippen molar-refractivity contribution in [2.24, 2.45) is 0 Å². The minimum atomic E-state index is -5.00. The second-order valence-corrected chi connectivity index (χ2v) is 8.21. The summed E-state index contributed by atoms with van der Waals surface area (Å²) in [4.78, 5) is 2.29. The lowest BCUT2D eigenvalue weighted by atomic mass is 9.93. The molecule has 1 aromatic heterocycles. The number of benzene rings is 1. The van der Waals surface area contributed by atoms with Crippen LogP contribution in [0.4, 0.5) is 26.3 Å². The Labute approximate surface area is 172 Å². The van der Waals surface area contributed by atoms with E-state index in [4.69, 9.17) is 16.3 Å². The van der Waals surface area contributed by atoms with Crippen LogP contribution in [0.1, 0.15) is 27.6 Å². The number of piperazine rings is 1. The van der Waals surface area contributed by atoms with Crippen LogP contribution in [0.3, 0.4) is 0 Å². The first-order valence-electron chi connectivity index (χ1n) is 8.58. The van der Waals surface area contributed by atoms with Crippen molar-refractivity contribution in [3.8, 4) is 5.75 Å². The summed E-state index contributed by atoms with van der Waals surface area (Å²) in [5, 5.41) is 3.11. The van der Waals surface area contributed by atoms with Crippen molar-refractivity contribution in [3.05, 3.63) is 50.2 Å². The van der Waals surface area contributed by atoms with E-state index in [1.807, 2.05) is 0 Å². The van der Waals surface area contributed by atoms with Gasteiger partial charge in [0.25, 0.3) is 0 Å². The van der Waals surface area contributed by atoms with E-state index >= 15 is 0 Å². The minimum Gasteiger partial charge on any atom is -0.496 e. The highest BCUT2D eigenvalue weighted by Crippen LogP contribution is 2.48. The van der Waals surface area contributed by atoms with Gasteiger partial charge in [-0.25, -0.2) is 0 Å². The molecule has 0 amide bonds. The summed E-state index contributed by atoms with van der Waals surface area (Å²) in [6.45, 7) is 1.92. The number of hydrogen-bond acceptors (Lipinski definition) is 4.